The van der Waals surface area contributed by atoms with Gasteiger partial charge in [0, 0.05) is 25.1 Å². The summed E-state index contributed by atoms with van der Waals surface area (Å²) in [5.41, 5.74) is 6.13. The number of hydrogen-bond donors (Lipinski definition) is 1. The molecule has 3 rings (SSSR count). The Labute approximate surface area is 110 Å². The largest absolute Gasteiger partial charge is 0.454 e. The number of nitrogens with zero attached hydrogens (tertiary/aromatic N) is 1. The summed E-state index contributed by atoms with van der Waals surface area (Å²) < 4.78 is 10.7. The average Bonchev–Trinajstić information content (AvgIpc) is 2.97. The van der Waals surface area contributed by atoms with E-state index in [1.54, 1.807) is 4.90 Å². The van der Waals surface area contributed by atoms with Crippen molar-refractivity contribution in [1.82, 2.24) is 4.90 Å². The van der Waals surface area contributed by atoms with Crippen LogP contribution in [-0.2, 0) is 16.1 Å². The lowest BCUT2D eigenvalue weighted by molar-refractivity contribution is -0.128. The fourth-order valence-corrected chi connectivity index (χ4v) is 2.44. The van der Waals surface area contributed by atoms with Crippen LogP contribution in [0.15, 0.2) is 18.2 Å². The maximum absolute atomic E-state index is 11.8. The summed E-state index contributed by atoms with van der Waals surface area (Å²) in [7, 11) is 0. The molecule has 6 nitrogen and oxygen atoms in total. The standard InChI is InChI=1S/C13H14N2O4/c14-13(17)9-4-11(16)15(6-9)5-8-2-1-3-10-12(8)19-7-18-10/h1-3,9H,4-7H2,(H2,14,17). The number of ether oxygens (including phenoxy) is 2. The maximum Gasteiger partial charge on any atom is 0.231 e. The maximum atomic E-state index is 11.8. The van der Waals surface area contributed by atoms with Crippen LogP contribution in [0.25, 0.3) is 0 Å². The molecule has 1 unspecified atom stereocenters. The van der Waals surface area contributed by atoms with Crippen LogP contribution in [-0.4, -0.2) is 30.1 Å². The molecule has 2 aliphatic heterocycles. The lowest BCUT2D eigenvalue weighted by Crippen LogP contribution is -2.28. The molecule has 0 spiro atoms. The number of para-hydroxylation sites is 1. The van der Waals surface area contributed by atoms with Gasteiger partial charge in [-0.15, -0.1) is 0 Å². The minimum atomic E-state index is -0.422. The van der Waals surface area contributed by atoms with Gasteiger partial charge < -0.3 is 20.1 Å². The Morgan fingerprint density at radius 3 is 3.00 bits per heavy atom. The number of likely N-dealkylation sites (tertiary alicyclic amines) is 1. The highest BCUT2D eigenvalue weighted by atomic mass is 16.7. The number of hydrogen-bond acceptors (Lipinski definition) is 4. The zero-order valence-electron chi connectivity index (χ0n) is 10.3. The average molecular weight is 262 g/mol. The molecule has 0 bridgehead atoms. The van der Waals surface area contributed by atoms with Crippen LogP contribution in [0.3, 0.4) is 0 Å². The Kier molecular flexibility index (Phi) is 2.77. The number of carbonyl (C=O) groups excluding carboxylic acids is 2. The Balaban J connectivity index is 1.78. The molecule has 0 aliphatic carbocycles. The Hall–Kier alpha value is -2.24. The number of benzene rings is 1. The van der Waals surface area contributed by atoms with Gasteiger partial charge in [-0.2, -0.15) is 0 Å². The van der Waals surface area contributed by atoms with E-state index < -0.39 is 5.91 Å². The van der Waals surface area contributed by atoms with Crippen LogP contribution in [0.4, 0.5) is 0 Å². The number of carbonyl (C=O) groups is 2. The van der Waals surface area contributed by atoms with E-state index in [0.29, 0.717) is 24.6 Å². The minimum absolute atomic E-state index is 0.0553. The highest BCUT2D eigenvalue weighted by molar-refractivity contribution is 5.88. The molecule has 1 fully saturated rings. The first-order valence-electron chi connectivity index (χ1n) is 6.09. The first-order valence-corrected chi connectivity index (χ1v) is 6.09. The molecular weight excluding hydrogens is 248 g/mol. The van der Waals surface area contributed by atoms with Crippen molar-refractivity contribution in [1.29, 1.82) is 0 Å². The van der Waals surface area contributed by atoms with Gasteiger partial charge >= 0.3 is 0 Å². The van der Waals surface area contributed by atoms with Crippen LogP contribution in [0.2, 0.25) is 0 Å². The van der Waals surface area contributed by atoms with Gasteiger partial charge in [0.2, 0.25) is 18.6 Å². The quantitative estimate of drug-likeness (QED) is 0.846. The van der Waals surface area contributed by atoms with E-state index in [1.807, 2.05) is 18.2 Å². The molecule has 2 amide bonds. The molecule has 0 radical (unpaired) electrons. The van der Waals surface area contributed by atoms with Gasteiger partial charge in [-0.05, 0) is 6.07 Å². The number of rotatable bonds is 3. The fraction of sp³-hybridized carbons (Fsp3) is 0.385. The lowest BCUT2D eigenvalue weighted by Gasteiger charge is -2.17. The molecular formula is C13H14N2O4. The van der Waals surface area contributed by atoms with Crippen LogP contribution < -0.4 is 15.2 Å². The van der Waals surface area contributed by atoms with E-state index in [0.717, 1.165) is 5.56 Å². The third-order valence-corrected chi connectivity index (χ3v) is 3.46. The summed E-state index contributed by atoms with van der Waals surface area (Å²) >= 11 is 0. The van der Waals surface area contributed by atoms with Crippen LogP contribution in [0.1, 0.15) is 12.0 Å². The third kappa shape index (κ3) is 2.09. The van der Waals surface area contributed by atoms with E-state index >= 15 is 0 Å². The van der Waals surface area contributed by atoms with Crippen molar-refractivity contribution in [2.45, 2.75) is 13.0 Å². The van der Waals surface area contributed by atoms with Gasteiger partial charge in [-0.1, -0.05) is 12.1 Å². The summed E-state index contributed by atoms with van der Waals surface area (Å²) in [5.74, 6) is 0.504. The molecule has 100 valence electrons. The molecule has 0 aromatic heterocycles. The van der Waals surface area contributed by atoms with E-state index in [4.69, 9.17) is 15.2 Å². The molecule has 0 saturated carbocycles. The van der Waals surface area contributed by atoms with Gasteiger partial charge in [-0.3, -0.25) is 9.59 Å². The predicted molar refractivity (Wildman–Crippen MR) is 65.3 cm³/mol. The van der Waals surface area contributed by atoms with Gasteiger partial charge in [0.25, 0.3) is 0 Å². The highest BCUT2D eigenvalue weighted by Gasteiger charge is 2.33. The molecule has 2 heterocycles. The van der Waals surface area contributed by atoms with E-state index in [2.05, 4.69) is 0 Å². The van der Waals surface area contributed by atoms with E-state index in [9.17, 15) is 9.59 Å². The highest BCUT2D eigenvalue weighted by Crippen LogP contribution is 2.36. The van der Waals surface area contributed by atoms with Crippen molar-refractivity contribution in [2.24, 2.45) is 11.7 Å². The van der Waals surface area contributed by atoms with Crippen LogP contribution in [0.5, 0.6) is 11.5 Å². The minimum Gasteiger partial charge on any atom is -0.454 e. The van der Waals surface area contributed by atoms with Crippen molar-refractivity contribution in [3.05, 3.63) is 23.8 Å². The van der Waals surface area contributed by atoms with Crippen molar-refractivity contribution < 1.29 is 19.1 Å². The summed E-state index contributed by atoms with van der Waals surface area (Å²) in [6, 6.07) is 5.57. The zero-order valence-corrected chi connectivity index (χ0v) is 10.3. The SMILES string of the molecule is NC(=O)C1CC(=O)N(Cc2cccc3c2OCO3)C1. The smallest absolute Gasteiger partial charge is 0.231 e. The van der Waals surface area contributed by atoms with Gasteiger partial charge in [0.15, 0.2) is 11.5 Å². The number of fused-ring (bicyclic) bond motifs is 1. The monoisotopic (exact) mass is 262 g/mol. The predicted octanol–water partition coefficient (Wildman–Crippen LogP) is 0.249. The molecule has 1 saturated heterocycles. The van der Waals surface area contributed by atoms with Gasteiger partial charge in [-0.25, -0.2) is 0 Å². The first-order chi connectivity index (χ1) is 9.15. The van der Waals surface area contributed by atoms with Gasteiger partial charge in [0.05, 0.1) is 5.92 Å². The number of primary amides is 1. The first kappa shape index (κ1) is 11.8. The second-order valence-corrected chi connectivity index (χ2v) is 4.73. The Morgan fingerprint density at radius 2 is 2.26 bits per heavy atom. The fourth-order valence-electron chi connectivity index (χ4n) is 2.44. The molecule has 1 atom stereocenters. The molecule has 1 aromatic carbocycles. The molecule has 19 heavy (non-hydrogen) atoms. The lowest BCUT2D eigenvalue weighted by atomic mass is 10.1. The Bertz CT molecular complexity index is 543. The second kappa shape index (κ2) is 4.46. The normalized spacial score (nSPS) is 20.9. The topological polar surface area (TPSA) is 81.9 Å². The van der Waals surface area contributed by atoms with Gasteiger partial charge in [0.1, 0.15) is 0 Å². The summed E-state index contributed by atoms with van der Waals surface area (Å²) in [5, 5.41) is 0. The zero-order chi connectivity index (χ0) is 13.4. The van der Waals surface area contributed by atoms with Crippen molar-refractivity contribution >= 4 is 11.8 Å². The molecule has 2 N–H and O–H groups in total. The van der Waals surface area contributed by atoms with E-state index in [1.165, 1.54) is 0 Å². The molecule has 1 aromatic rings. The molecule has 6 heteroatoms. The van der Waals surface area contributed by atoms with Crippen molar-refractivity contribution in [3.63, 3.8) is 0 Å². The summed E-state index contributed by atoms with van der Waals surface area (Å²) in [6.45, 7) is 0.984. The summed E-state index contributed by atoms with van der Waals surface area (Å²) in [6.07, 6.45) is 0.196. The van der Waals surface area contributed by atoms with Crippen molar-refractivity contribution in [3.8, 4) is 11.5 Å². The van der Waals surface area contributed by atoms with Crippen LogP contribution in [0, 0.1) is 5.92 Å². The third-order valence-electron chi connectivity index (χ3n) is 3.46. The van der Waals surface area contributed by atoms with E-state index in [-0.39, 0.29) is 25.0 Å². The van der Waals surface area contributed by atoms with Crippen LogP contribution >= 0.6 is 0 Å². The van der Waals surface area contributed by atoms with Crippen molar-refractivity contribution in [2.75, 3.05) is 13.3 Å². The Morgan fingerprint density at radius 1 is 1.42 bits per heavy atom. The number of amides is 2. The summed E-state index contributed by atoms with van der Waals surface area (Å²) in [4.78, 5) is 24.6. The second-order valence-electron chi connectivity index (χ2n) is 4.73. The number of nitrogens with two attached hydrogens (primary N) is 1. The molecule has 2 aliphatic rings.